The third-order valence-corrected chi connectivity index (χ3v) is 4.57. The van der Waals surface area contributed by atoms with Crippen LogP contribution in [0.15, 0.2) is 42.5 Å². The first-order valence-electron chi connectivity index (χ1n) is 9.31. The van der Waals surface area contributed by atoms with Gasteiger partial charge in [0.25, 0.3) is 5.91 Å². The molecule has 1 aliphatic rings. The Morgan fingerprint density at radius 1 is 1.07 bits per heavy atom. The molecule has 3 rings (SSSR count). The molecule has 1 aliphatic carbocycles. The van der Waals surface area contributed by atoms with Gasteiger partial charge in [0.05, 0.1) is 0 Å². The van der Waals surface area contributed by atoms with Gasteiger partial charge in [0.1, 0.15) is 11.6 Å². The monoisotopic (exact) mass is 387 g/mol. The largest absolute Gasteiger partial charge is 0.334 e. The van der Waals surface area contributed by atoms with Crippen molar-refractivity contribution >= 4 is 17.5 Å². The summed E-state index contributed by atoms with van der Waals surface area (Å²) < 4.78 is 27.0. The van der Waals surface area contributed by atoms with Crippen LogP contribution in [0.4, 0.5) is 14.5 Å². The summed E-state index contributed by atoms with van der Waals surface area (Å²) in [6, 6.07) is 9.98. The number of rotatable bonds is 8. The quantitative estimate of drug-likeness (QED) is 0.730. The lowest BCUT2D eigenvalue weighted by molar-refractivity contribution is -0.117. The van der Waals surface area contributed by atoms with Crippen LogP contribution in [-0.2, 0) is 11.3 Å². The second-order valence-corrected chi connectivity index (χ2v) is 6.99. The average molecular weight is 387 g/mol. The van der Waals surface area contributed by atoms with Crippen molar-refractivity contribution in [2.24, 2.45) is 11.7 Å². The third kappa shape index (κ3) is 5.36. The molecule has 0 spiro atoms. The zero-order valence-corrected chi connectivity index (χ0v) is 15.5. The molecule has 3 N–H and O–H groups in total. The van der Waals surface area contributed by atoms with Crippen LogP contribution in [0.5, 0.6) is 0 Å². The standard InChI is InChI=1S/C21H23F2N3O2/c22-17-10-16(11-18(23)12-17)21(28)26(9-1-8-24)13-14-2-6-19(7-3-14)25-20(27)15-4-5-15/h2-3,6-7,10-12,15H,1,4-5,8-9,13,24H2,(H,25,27). The van der Waals surface area contributed by atoms with E-state index < -0.39 is 17.5 Å². The molecular weight excluding hydrogens is 364 g/mol. The van der Waals surface area contributed by atoms with Crippen molar-refractivity contribution in [2.45, 2.75) is 25.8 Å². The van der Waals surface area contributed by atoms with Crippen LogP contribution in [0.1, 0.15) is 35.2 Å². The van der Waals surface area contributed by atoms with Crippen LogP contribution < -0.4 is 11.1 Å². The Balaban J connectivity index is 1.70. The summed E-state index contributed by atoms with van der Waals surface area (Å²) in [6.07, 6.45) is 2.44. The van der Waals surface area contributed by atoms with Gasteiger partial charge in [0.15, 0.2) is 0 Å². The summed E-state index contributed by atoms with van der Waals surface area (Å²) in [5, 5.41) is 2.86. The Kier molecular flexibility index (Phi) is 6.36. The van der Waals surface area contributed by atoms with Gasteiger partial charge in [-0.2, -0.15) is 0 Å². The lowest BCUT2D eigenvalue weighted by atomic mass is 10.1. The van der Waals surface area contributed by atoms with Crippen molar-refractivity contribution in [1.82, 2.24) is 4.90 Å². The van der Waals surface area contributed by atoms with Crippen LogP contribution >= 0.6 is 0 Å². The number of halogens is 2. The summed E-state index contributed by atoms with van der Waals surface area (Å²) in [4.78, 5) is 26.1. The summed E-state index contributed by atoms with van der Waals surface area (Å²) in [7, 11) is 0. The van der Waals surface area contributed by atoms with E-state index in [1.165, 1.54) is 4.90 Å². The third-order valence-electron chi connectivity index (χ3n) is 4.57. The van der Waals surface area contributed by atoms with Crippen molar-refractivity contribution < 1.29 is 18.4 Å². The molecule has 0 radical (unpaired) electrons. The van der Waals surface area contributed by atoms with Crippen LogP contribution in [0.25, 0.3) is 0 Å². The highest BCUT2D eigenvalue weighted by atomic mass is 19.1. The van der Waals surface area contributed by atoms with Gasteiger partial charge < -0.3 is 16.0 Å². The van der Waals surface area contributed by atoms with Crippen molar-refractivity contribution in [3.63, 3.8) is 0 Å². The number of nitrogens with two attached hydrogens (primary N) is 1. The number of benzene rings is 2. The highest BCUT2D eigenvalue weighted by Crippen LogP contribution is 2.30. The summed E-state index contributed by atoms with van der Waals surface area (Å²) in [6.45, 7) is 1.04. The average Bonchev–Trinajstić information content (AvgIpc) is 3.50. The van der Waals surface area contributed by atoms with Crippen LogP contribution in [0, 0.1) is 17.6 Å². The normalized spacial score (nSPS) is 13.2. The smallest absolute Gasteiger partial charge is 0.254 e. The van der Waals surface area contributed by atoms with E-state index in [1.807, 2.05) is 12.1 Å². The lowest BCUT2D eigenvalue weighted by Crippen LogP contribution is -2.32. The second kappa shape index (κ2) is 8.93. The van der Waals surface area contributed by atoms with Crippen molar-refractivity contribution in [1.29, 1.82) is 0 Å². The lowest BCUT2D eigenvalue weighted by Gasteiger charge is -2.23. The molecule has 0 saturated heterocycles. The van der Waals surface area contributed by atoms with Crippen molar-refractivity contribution in [2.75, 3.05) is 18.4 Å². The topological polar surface area (TPSA) is 75.4 Å². The zero-order chi connectivity index (χ0) is 20.1. The van der Waals surface area contributed by atoms with Gasteiger partial charge in [0.2, 0.25) is 5.91 Å². The first-order valence-corrected chi connectivity index (χ1v) is 9.31. The molecule has 0 aromatic heterocycles. The number of carbonyl (C=O) groups is 2. The number of carbonyl (C=O) groups excluding carboxylic acids is 2. The Labute approximate surface area is 162 Å². The fourth-order valence-electron chi connectivity index (χ4n) is 2.90. The molecule has 2 aromatic rings. The number of hydrogen-bond donors (Lipinski definition) is 2. The SMILES string of the molecule is NCCCN(Cc1ccc(NC(=O)C2CC2)cc1)C(=O)c1cc(F)cc(F)c1. The van der Waals surface area contributed by atoms with Gasteiger partial charge in [0, 0.05) is 36.3 Å². The molecule has 0 bridgehead atoms. The van der Waals surface area contributed by atoms with Crippen LogP contribution in [0.3, 0.4) is 0 Å². The van der Waals surface area contributed by atoms with E-state index in [-0.39, 0.29) is 23.9 Å². The number of nitrogens with zero attached hydrogens (tertiary/aromatic N) is 1. The van der Waals surface area contributed by atoms with Gasteiger partial charge in [-0.05, 0) is 55.6 Å². The van der Waals surface area contributed by atoms with Gasteiger partial charge in [-0.15, -0.1) is 0 Å². The summed E-state index contributed by atoms with van der Waals surface area (Å²) in [5.41, 5.74) is 7.06. The van der Waals surface area contributed by atoms with Crippen molar-refractivity contribution in [3.05, 3.63) is 65.2 Å². The zero-order valence-electron chi connectivity index (χ0n) is 15.5. The molecule has 1 saturated carbocycles. The second-order valence-electron chi connectivity index (χ2n) is 6.99. The van der Waals surface area contributed by atoms with E-state index in [1.54, 1.807) is 12.1 Å². The van der Waals surface area contributed by atoms with E-state index in [9.17, 15) is 18.4 Å². The molecule has 0 unspecified atom stereocenters. The Morgan fingerprint density at radius 2 is 1.71 bits per heavy atom. The predicted molar refractivity (Wildman–Crippen MR) is 103 cm³/mol. The van der Waals surface area contributed by atoms with Crippen LogP contribution in [-0.4, -0.2) is 29.8 Å². The number of hydrogen-bond acceptors (Lipinski definition) is 3. The van der Waals surface area contributed by atoms with E-state index in [2.05, 4.69) is 5.32 Å². The number of nitrogens with one attached hydrogen (secondary N) is 1. The number of amides is 2. The minimum Gasteiger partial charge on any atom is -0.334 e. The van der Waals surface area contributed by atoms with E-state index >= 15 is 0 Å². The predicted octanol–water partition coefficient (Wildman–Crippen LogP) is 3.30. The fraction of sp³-hybridized carbons (Fsp3) is 0.333. The Hall–Kier alpha value is -2.80. The molecule has 28 heavy (non-hydrogen) atoms. The molecular formula is C21H23F2N3O2. The molecule has 7 heteroatoms. The molecule has 0 aliphatic heterocycles. The van der Waals surface area contributed by atoms with E-state index in [0.717, 1.165) is 36.6 Å². The number of anilines is 1. The maximum absolute atomic E-state index is 13.5. The molecule has 5 nitrogen and oxygen atoms in total. The van der Waals surface area contributed by atoms with E-state index in [0.29, 0.717) is 25.2 Å². The maximum atomic E-state index is 13.5. The molecule has 2 aromatic carbocycles. The maximum Gasteiger partial charge on any atom is 0.254 e. The minimum absolute atomic E-state index is 0.0284. The molecule has 0 atom stereocenters. The highest BCUT2D eigenvalue weighted by Gasteiger charge is 2.29. The Morgan fingerprint density at radius 3 is 2.29 bits per heavy atom. The molecule has 0 heterocycles. The summed E-state index contributed by atoms with van der Waals surface area (Å²) >= 11 is 0. The molecule has 148 valence electrons. The van der Waals surface area contributed by atoms with Gasteiger partial charge in [-0.3, -0.25) is 9.59 Å². The highest BCUT2D eigenvalue weighted by molar-refractivity contribution is 5.94. The minimum atomic E-state index is -0.794. The van der Waals surface area contributed by atoms with Gasteiger partial charge in [-0.1, -0.05) is 12.1 Å². The van der Waals surface area contributed by atoms with Gasteiger partial charge >= 0.3 is 0 Å². The first-order chi connectivity index (χ1) is 13.5. The van der Waals surface area contributed by atoms with Crippen molar-refractivity contribution in [3.8, 4) is 0 Å². The van der Waals surface area contributed by atoms with Gasteiger partial charge in [-0.25, -0.2) is 8.78 Å². The first kappa shape index (κ1) is 19.9. The van der Waals surface area contributed by atoms with Crippen LogP contribution in [0.2, 0.25) is 0 Å². The molecule has 1 fully saturated rings. The Bertz CT molecular complexity index is 831. The van der Waals surface area contributed by atoms with E-state index in [4.69, 9.17) is 5.73 Å². The molecule has 2 amide bonds. The summed E-state index contributed by atoms with van der Waals surface area (Å²) in [5.74, 6) is -1.90. The fourth-order valence-corrected chi connectivity index (χ4v) is 2.90.